The minimum Gasteiger partial charge on any atom is -0.461 e. The summed E-state index contributed by atoms with van der Waals surface area (Å²) in [5.74, 6) is -0.679. The van der Waals surface area contributed by atoms with Crippen LogP contribution in [0.5, 0.6) is 0 Å². The highest BCUT2D eigenvalue weighted by Crippen LogP contribution is 2.14. The van der Waals surface area contributed by atoms with Crippen LogP contribution >= 0.6 is 0 Å². The van der Waals surface area contributed by atoms with Crippen LogP contribution in [-0.4, -0.2) is 30.1 Å². The molecule has 0 saturated carbocycles. The molecule has 0 spiro atoms. The third-order valence-corrected chi connectivity index (χ3v) is 3.20. The van der Waals surface area contributed by atoms with Crippen molar-refractivity contribution in [3.8, 4) is 0 Å². The van der Waals surface area contributed by atoms with E-state index in [4.69, 9.17) is 9.47 Å². The largest absolute Gasteiger partial charge is 0.461 e. The van der Waals surface area contributed by atoms with Crippen molar-refractivity contribution < 1.29 is 19.1 Å². The van der Waals surface area contributed by atoms with Gasteiger partial charge in [-0.1, -0.05) is 30.3 Å². The molecule has 3 atom stereocenters. The van der Waals surface area contributed by atoms with Crippen LogP contribution in [0.3, 0.4) is 0 Å². The molecular weight excluding hydrogens is 258 g/mol. The molecular formula is C15H19NO4. The molecule has 0 amide bonds. The lowest BCUT2D eigenvalue weighted by molar-refractivity contribution is -0.148. The summed E-state index contributed by atoms with van der Waals surface area (Å²) in [6.07, 6.45) is 0.474. The Labute approximate surface area is 118 Å². The molecule has 0 aliphatic carbocycles. The molecule has 1 aromatic carbocycles. The molecule has 1 N–H and O–H groups in total. The fourth-order valence-electron chi connectivity index (χ4n) is 2.12. The smallest absolute Gasteiger partial charge is 0.323 e. The first kappa shape index (κ1) is 14.5. The fraction of sp³-hybridized carbons (Fsp3) is 0.467. The first-order chi connectivity index (χ1) is 9.56. The Kier molecular flexibility index (Phi) is 4.74. The maximum atomic E-state index is 11.9. The molecule has 0 aromatic heterocycles. The number of hydrogen-bond acceptors (Lipinski definition) is 5. The molecule has 1 fully saturated rings. The Bertz CT molecular complexity index is 474. The molecule has 1 saturated heterocycles. The maximum absolute atomic E-state index is 11.9. The normalized spacial score (nSPS) is 23.2. The number of rotatable bonds is 5. The number of benzene rings is 1. The molecule has 5 nitrogen and oxygen atoms in total. The number of esters is 2. The monoisotopic (exact) mass is 277 g/mol. The molecule has 0 bridgehead atoms. The third-order valence-electron chi connectivity index (χ3n) is 3.20. The van der Waals surface area contributed by atoms with Crippen LogP contribution in [0.4, 0.5) is 0 Å². The molecule has 0 radical (unpaired) electrons. The Balaban J connectivity index is 1.79. The molecule has 20 heavy (non-hydrogen) atoms. The van der Waals surface area contributed by atoms with Gasteiger partial charge >= 0.3 is 11.9 Å². The standard InChI is InChI=1S/C15H19NO4/c1-10-8-13(15(18)20-10)16-11(2)14(17)19-9-12-6-4-3-5-7-12/h3-7,10-11,13,16H,8-9H2,1-2H3/t10?,11-,13?/m0/s1. The van der Waals surface area contributed by atoms with Crippen LogP contribution in [0.25, 0.3) is 0 Å². The predicted octanol–water partition coefficient (Wildman–Crippen LogP) is 1.41. The lowest BCUT2D eigenvalue weighted by Crippen LogP contribution is -2.44. The van der Waals surface area contributed by atoms with E-state index in [0.717, 1.165) is 5.56 Å². The van der Waals surface area contributed by atoms with Gasteiger partial charge in [-0.3, -0.25) is 14.9 Å². The van der Waals surface area contributed by atoms with Gasteiger partial charge in [0.05, 0.1) is 0 Å². The minimum absolute atomic E-state index is 0.104. The lowest BCUT2D eigenvalue weighted by Gasteiger charge is -2.15. The van der Waals surface area contributed by atoms with Gasteiger partial charge in [0.15, 0.2) is 0 Å². The second-order valence-corrected chi connectivity index (χ2v) is 5.02. The highest BCUT2D eigenvalue weighted by atomic mass is 16.6. The SMILES string of the molecule is CC1CC(N[C@@H](C)C(=O)OCc2ccccc2)C(=O)O1. The Hall–Kier alpha value is -1.88. The van der Waals surface area contributed by atoms with Crippen LogP contribution in [0.1, 0.15) is 25.8 Å². The third kappa shape index (κ3) is 3.81. The van der Waals surface area contributed by atoms with E-state index in [1.165, 1.54) is 0 Å². The lowest BCUT2D eigenvalue weighted by atomic mass is 10.1. The van der Waals surface area contributed by atoms with Crippen LogP contribution in [0, 0.1) is 0 Å². The predicted molar refractivity (Wildman–Crippen MR) is 72.8 cm³/mol. The average Bonchev–Trinajstić information content (AvgIpc) is 2.75. The van der Waals surface area contributed by atoms with Gasteiger partial charge in [-0.2, -0.15) is 0 Å². The second kappa shape index (κ2) is 6.52. The van der Waals surface area contributed by atoms with Crippen LogP contribution < -0.4 is 5.32 Å². The summed E-state index contributed by atoms with van der Waals surface area (Å²) in [5.41, 5.74) is 0.932. The molecule has 5 heteroatoms. The topological polar surface area (TPSA) is 64.6 Å². The number of nitrogens with one attached hydrogen (secondary N) is 1. The number of carbonyl (C=O) groups excluding carboxylic acids is 2. The fourth-order valence-corrected chi connectivity index (χ4v) is 2.12. The minimum atomic E-state index is -0.540. The highest BCUT2D eigenvalue weighted by molar-refractivity contribution is 5.80. The number of ether oxygens (including phenoxy) is 2. The summed E-state index contributed by atoms with van der Waals surface area (Å²) in [4.78, 5) is 23.3. The van der Waals surface area contributed by atoms with E-state index in [2.05, 4.69) is 5.32 Å². The van der Waals surface area contributed by atoms with Gasteiger partial charge in [-0.15, -0.1) is 0 Å². The van der Waals surface area contributed by atoms with Crippen molar-refractivity contribution in [2.45, 2.75) is 45.1 Å². The van der Waals surface area contributed by atoms with E-state index in [9.17, 15) is 9.59 Å². The summed E-state index contributed by atoms with van der Waals surface area (Å²) >= 11 is 0. The van der Waals surface area contributed by atoms with E-state index in [1.54, 1.807) is 6.92 Å². The zero-order valence-corrected chi connectivity index (χ0v) is 11.7. The summed E-state index contributed by atoms with van der Waals surface area (Å²) in [6, 6.07) is 8.50. The van der Waals surface area contributed by atoms with Gasteiger partial charge in [0.1, 0.15) is 24.8 Å². The second-order valence-electron chi connectivity index (χ2n) is 5.02. The number of carbonyl (C=O) groups is 2. The first-order valence-corrected chi connectivity index (χ1v) is 6.73. The van der Waals surface area contributed by atoms with Crippen molar-refractivity contribution in [2.24, 2.45) is 0 Å². The van der Waals surface area contributed by atoms with Gasteiger partial charge < -0.3 is 9.47 Å². The van der Waals surface area contributed by atoms with Gasteiger partial charge in [0.25, 0.3) is 0 Å². The van der Waals surface area contributed by atoms with E-state index in [0.29, 0.717) is 6.42 Å². The highest BCUT2D eigenvalue weighted by Gasteiger charge is 2.33. The molecule has 1 aromatic rings. The molecule has 108 valence electrons. The molecule has 1 aliphatic rings. The number of hydrogen-bond donors (Lipinski definition) is 1. The average molecular weight is 277 g/mol. The van der Waals surface area contributed by atoms with Crippen molar-refractivity contribution in [3.05, 3.63) is 35.9 Å². The molecule has 1 aliphatic heterocycles. The van der Waals surface area contributed by atoms with Gasteiger partial charge in [0, 0.05) is 6.42 Å². The summed E-state index contributed by atoms with van der Waals surface area (Å²) < 4.78 is 10.2. The van der Waals surface area contributed by atoms with Crippen LogP contribution in [-0.2, 0) is 25.7 Å². The van der Waals surface area contributed by atoms with Gasteiger partial charge in [-0.25, -0.2) is 0 Å². The molecule has 1 heterocycles. The number of cyclic esters (lactones) is 1. The first-order valence-electron chi connectivity index (χ1n) is 6.73. The quantitative estimate of drug-likeness (QED) is 0.824. The van der Waals surface area contributed by atoms with E-state index in [-0.39, 0.29) is 24.6 Å². The maximum Gasteiger partial charge on any atom is 0.323 e. The summed E-state index contributed by atoms with van der Waals surface area (Å²) in [6.45, 7) is 3.75. The zero-order valence-electron chi connectivity index (χ0n) is 11.7. The van der Waals surface area contributed by atoms with Crippen molar-refractivity contribution in [2.75, 3.05) is 0 Å². The molecule has 2 unspecified atom stereocenters. The van der Waals surface area contributed by atoms with Crippen molar-refractivity contribution in [1.29, 1.82) is 0 Å². The van der Waals surface area contributed by atoms with Crippen LogP contribution in [0.2, 0.25) is 0 Å². The van der Waals surface area contributed by atoms with Crippen molar-refractivity contribution >= 4 is 11.9 Å². The van der Waals surface area contributed by atoms with Crippen molar-refractivity contribution in [3.63, 3.8) is 0 Å². The van der Waals surface area contributed by atoms with Crippen molar-refractivity contribution in [1.82, 2.24) is 5.32 Å². The Morgan fingerprint density at radius 3 is 2.75 bits per heavy atom. The van der Waals surface area contributed by atoms with Gasteiger partial charge in [0.2, 0.25) is 0 Å². The van der Waals surface area contributed by atoms with E-state index < -0.39 is 12.1 Å². The Morgan fingerprint density at radius 1 is 1.45 bits per heavy atom. The van der Waals surface area contributed by atoms with Crippen LogP contribution in [0.15, 0.2) is 30.3 Å². The van der Waals surface area contributed by atoms with Gasteiger partial charge in [-0.05, 0) is 19.4 Å². The zero-order chi connectivity index (χ0) is 14.5. The van der Waals surface area contributed by atoms with E-state index in [1.807, 2.05) is 37.3 Å². The summed E-state index contributed by atoms with van der Waals surface area (Å²) in [5, 5.41) is 2.95. The van der Waals surface area contributed by atoms with E-state index >= 15 is 0 Å². The summed E-state index contributed by atoms with van der Waals surface area (Å²) in [7, 11) is 0. The molecule has 2 rings (SSSR count). The Morgan fingerprint density at radius 2 is 2.15 bits per heavy atom.